The van der Waals surface area contributed by atoms with Crippen molar-refractivity contribution < 1.29 is 23.5 Å². The molecule has 0 saturated carbocycles. The quantitative estimate of drug-likeness (QED) is 0.785. The number of allylic oxidation sites excluding steroid dienone is 1. The number of amides is 1. The number of aliphatic carboxylic acids is 1. The van der Waals surface area contributed by atoms with Crippen molar-refractivity contribution in [1.29, 1.82) is 0 Å². The van der Waals surface area contributed by atoms with Crippen LogP contribution in [0.3, 0.4) is 0 Å². The fraction of sp³-hybridized carbons (Fsp3) is 0.286. The maximum atomic E-state index is 13.4. The number of benzene rings is 1. The van der Waals surface area contributed by atoms with E-state index in [1.807, 2.05) is 0 Å². The first kappa shape index (κ1) is 15.8. The second-order valence-corrected chi connectivity index (χ2v) is 4.14. The van der Waals surface area contributed by atoms with Crippen LogP contribution in [0.2, 0.25) is 0 Å². The Labute approximate surface area is 115 Å². The van der Waals surface area contributed by atoms with Gasteiger partial charge in [0, 0.05) is 5.56 Å². The number of rotatable bonds is 6. The van der Waals surface area contributed by atoms with E-state index in [0.29, 0.717) is 0 Å². The predicted molar refractivity (Wildman–Crippen MR) is 69.1 cm³/mol. The molecule has 20 heavy (non-hydrogen) atoms. The molecule has 0 aromatic heterocycles. The number of carboxylic acids is 1. The van der Waals surface area contributed by atoms with Crippen molar-refractivity contribution in [3.8, 4) is 0 Å². The lowest BCUT2D eigenvalue weighted by molar-refractivity contribution is -0.141. The second kappa shape index (κ2) is 7.37. The van der Waals surface area contributed by atoms with E-state index in [2.05, 4.69) is 5.32 Å². The Bertz CT molecular complexity index is 509. The summed E-state index contributed by atoms with van der Waals surface area (Å²) in [6, 6.07) is 2.16. The summed E-state index contributed by atoms with van der Waals surface area (Å²) in [6.07, 6.45) is 2.80. The first-order valence-corrected chi connectivity index (χ1v) is 6.02. The SMILES string of the molecule is C/C=C/CC(NC(=O)Cc1c(F)cccc1F)C(=O)O. The number of carboxylic acid groups (broad SMARTS) is 1. The molecule has 1 aromatic carbocycles. The molecular formula is C14H15F2NO3. The van der Waals surface area contributed by atoms with Gasteiger partial charge in [-0.25, -0.2) is 13.6 Å². The molecule has 0 fully saturated rings. The van der Waals surface area contributed by atoms with Crippen molar-refractivity contribution in [2.75, 3.05) is 0 Å². The lowest BCUT2D eigenvalue weighted by Crippen LogP contribution is -2.41. The van der Waals surface area contributed by atoms with Crippen molar-refractivity contribution in [2.45, 2.75) is 25.8 Å². The summed E-state index contributed by atoms with van der Waals surface area (Å²) in [4.78, 5) is 22.6. The molecule has 0 heterocycles. The molecule has 1 atom stereocenters. The minimum Gasteiger partial charge on any atom is -0.480 e. The highest BCUT2D eigenvalue weighted by atomic mass is 19.1. The second-order valence-electron chi connectivity index (χ2n) is 4.14. The molecular weight excluding hydrogens is 268 g/mol. The lowest BCUT2D eigenvalue weighted by Gasteiger charge is -2.13. The van der Waals surface area contributed by atoms with Gasteiger partial charge in [-0.2, -0.15) is 0 Å². The van der Waals surface area contributed by atoms with E-state index in [-0.39, 0.29) is 12.0 Å². The standard InChI is InChI=1S/C14H15F2NO3/c1-2-3-7-12(14(19)20)17-13(18)8-9-10(15)5-4-6-11(9)16/h2-6,12H,7-8H2,1H3,(H,17,18)(H,19,20)/b3-2+. The topological polar surface area (TPSA) is 66.4 Å². The van der Waals surface area contributed by atoms with Crippen LogP contribution in [0.1, 0.15) is 18.9 Å². The summed E-state index contributed by atoms with van der Waals surface area (Å²) in [6.45, 7) is 1.72. The van der Waals surface area contributed by atoms with Gasteiger partial charge in [0.25, 0.3) is 0 Å². The van der Waals surface area contributed by atoms with Gasteiger partial charge in [0.15, 0.2) is 0 Å². The van der Waals surface area contributed by atoms with Crippen molar-refractivity contribution in [1.82, 2.24) is 5.32 Å². The van der Waals surface area contributed by atoms with E-state index in [9.17, 15) is 18.4 Å². The van der Waals surface area contributed by atoms with Crippen LogP contribution in [0, 0.1) is 11.6 Å². The van der Waals surface area contributed by atoms with Gasteiger partial charge in [-0.05, 0) is 25.5 Å². The Morgan fingerprint density at radius 2 is 1.95 bits per heavy atom. The number of carbonyl (C=O) groups is 2. The van der Waals surface area contributed by atoms with E-state index < -0.39 is 36.0 Å². The number of hydrogen-bond donors (Lipinski definition) is 2. The number of hydrogen-bond acceptors (Lipinski definition) is 2. The third-order valence-corrected chi connectivity index (χ3v) is 2.64. The average Bonchev–Trinajstić information content (AvgIpc) is 2.38. The maximum absolute atomic E-state index is 13.4. The Hall–Kier alpha value is -2.24. The highest BCUT2D eigenvalue weighted by molar-refractivity contribution is 5.85. The number of carbonyl (C=O) groups excluding carboxylic acids is 1. The van der Waals surface area contributed by atoms with Crippen LogP contribution >= 0.6 is 0 Å². The summed E-state index contributed by atoms with van der Waals surface area (Å²) in [5.74, 6) is -3.61. The molecule has 2 N–H and O–H groups in total. The first-order valence-electron chi connectivity index (χ1n) is 6.02. The molecule has 0 radical (unpaired) electrons. The highest BCUT2D eigenvalue weighted by Gasteiger charge is 2.20. The number of halogens is 2. The molecule has 1 rings (SSSR count). The molecule has 108 valence electrons. The van der Waals surface area contributed by atoms with E-state index in [4.69, 9.17) is 5.11 Å². The van der Waals surface area contributed by atoms with Crippen LogP contribution in [-0.2, 0) is 16.0 Å². The Morgan fingerprint density at radius 1 is 1.35 bits per heavy atom. The summed E-state index contributed by atoms with van der Waals surface area (Å²) >= 11 is 0. The minimum absolute atomic E-state index is 0.108. The van der Waals surface area contributed by atoms with Crippen molar-refractivity contribution in [3.05, 3.63) is 47.5 Å². The van der Waals surface area contributed by atoms with Crippen LogP contribution in [-0.4, -0.2) is 23.0 Å². The van der Waals surface area contributed by atoms with Crippen molar-refractivity contribution >= 4 is 11.9 Å². The predicted octanol–water partition coefficient (Wildman–Crippen LogP) is 2.04. The zero-order valence-electron chi connectivity index (χ0n) is 10.9. The van der Waals surface area contributed by atoms with E-state index in [1.165, 1.54) is 6.07 Å². The summed E-state index contributed by atoms with van der Waals surface area (Å²) in [5.41, 5.74) is -0.375. The van der Waals surface area contributed by atoms with Crippen molar-refractivity contribution in [3.63, 3.8) is 0 Å². The van der Waals surface area contributed by atoms with E-state index >= 15 is 0 Å². The molecule has 1 amide bonds. The summed E-state index contributed by atoms with van der Waals surface area (Å²) in [7, 11) is 0. The monoisotopic (exact) mass is 283 g/mol. The molecule has 0 aliphatic carbocycles. The summed E-state index contributed by atoms with van der Waals surface area (Å²) in [5, 5.41) is 11.2. The van der Waals surface area contributed by atoms with Gasteiger partial charge in [0.2, 0.25) is 5.91 Å². The Balaban J connectivity index is 2.73. The maximum Gasteiger partial charge on any atom is 0.326 e. The van der Waals surface area contributed by atoms with Gasteiger partial charge in [0.1, 0.15) is 17.7 Å². The van der Waals surface area contributed by atoms with Crippen LogP contribution in [0.15, 0.2) is 30.4 Å². The average molecular weight is 283 g/mol. The fourth-order valence-corrected chi connectivity index (χ4v) is 1.60. The third kappa shape index (κ3) is 4.46. The van der Waals surface area contributed by atoms with Gasteiger partial charge in [-0.3, -0.25) is 4.79 Å². The zero-order chi connectivity index (χ0) is 15.1. The number of nitrogens with one attached hydrogen (secondary N) is 1. The smallest absolute Gasteiger partial charge is 0.326 e. The van der Waals surface area contributed by atoms with Crippen molar-refractivity contribution in [2.24, 2.45) is 0 Å². The normalized spacial score (nSPS) is 12.3. The van der Waals surface area contributed by atoms with Crippen LogP contribution in [0.25, 0.3) is 0 Å². The van der Waals surface area contributed by atoms with E-state index in [0.717, 1.165) is 12.1 Å². The molecule has 0 spiro atoms. The van der Waals surface area contributed by atoms with Gasteiger partial charge >= 0.3 is 5.97 Å². The molecule has 6 heteroatoms. The van der Waals surface area contributed by atoms with E-state index in [1.54, 1.807) is 19.1 Å². The molecule has 4 nitrogen and oxygen atoms in total. The largest absolute Gasteiger partial charge is 0.480 e. The van der Waals surface area contributed by atoms with Crippen LogP contribution < -0.4 is 5.32 Å². The molecule has 0 bridgehead atoms. The van der Waals surface area contributed by atoms with Crippen LogP contribution in [0.4, 0.5) is 8.78 Å². The third-order valence-electron chi connectivity index (χ3n) is 2.64. The molecule has 1 unspecified atom stereocenters. The van der Waals surface area contributed by atoms with Gasteiger partial charge in [0.05, 0.1) is 6.42 Å². The zero-order valence-corrected chi connectivity index (χ0v) is 10.9. The first-order chi connectivity index (χ1) is 9.45. The Kier molecular flexibility index (Phi) is 5.83. The molecule has 1 aromatic rings. The lowest BCUT2D eigenvalue weighted by atomic mass is 10.1. The molecule has 0 aliphatic heterocycles. The fourth-order valence-electron chi connectivity index (χ4n) is 1.60. The minimum atomic E-state index is -1.20. The van der Waals surface area contributed by atoms with Gasteiger partial charge in [-0.15, -0.1) is 0 Å². The van der Waals surface area contributed by atoms with Crippen LogP contribution in [0.5, 0.6) is 0 Å². The summed E-state index contributed by atoms with van der Waals surface area (Å²) < 4.78 is 26.7. The highest BCUT2D eigenvalue weighted by Crippen LogP contribution is 2.12. The Morgan fingerprint density at radius 3 is 2.45 bits per heavy atom. The molecule has 0 saturated heterocycles. The molecule has 0 aliphatic rings. The van der Waals surface area contributed by atoms with Gasteiger partial charge in [-0.1, -0.05) is 18.2 Å². The van der Waals surface area contributed by atoms with Gasteiger partial charge < -0.3 is 10.4 Å².